The Morgan fingerprint density at radius 2 is 2.00 bits per heavy atom. The first-order valence-corrected chi connectivity index (χ1v) is 10.9. The highest BCUT2D eigenvalue weighted by Gasteiger charge is 2.35. The van der Waals surface area contributed by atoms with Crippen molar-refractivity contribution in [3.8, 4) is 5.75 Å². The fraction of sp³-hybridized carbons (Fsp3) is 0.333. The Bertz CT molecular complexity index is 922. The number of nitrogens with zero attached hydrogens (tertiary/aromatic N) is 1. The Labute approximate surface area is 183 Å². The molecule has 0 bridgehead atoms. The zero-order valence-electron chi connectivity index (χ0n) is 15.9. The van der Waals surface area contributed by atoms with Crippen LogP contribution in [0.3, 0.4) is 0 Å². The van der Waals surface area contributed by atoms with Crippen molar-refractivity contribution >= 4 is 52.5 Å². The van der Waals surface area contributed by atoms with E-state index in [1.165, 1.54) is 11.8 Å². The lowest BCUT2D eigenvalue weighted by Crippen LogP contribution is -2.41. The van der Waals surface area contributed by atoms with E-state index in [9.17, 15) is 14.7 Å². The maximum atomic E-state index is 13.1. The average molecular weight is 454 g/mol. The van der Waals surface area contributed by atoms with Crippen LogP contribution >= 0.6 is 35.0 Å². The molecule has 0 radical (unpaired) electrons. The summed E-state index contributed by atoms with van der Waals surface area (Å²) >= 11 is 13.4. The van der Waals surface area contributed by atoms with Crippen LogP contribution in [0.15, 0.2) is 41.3 Å². The van der Waals surface area contributed by atoms with Crippen LogP contribution in [0.4, 0.5) is 5.69 Å². The summed E-state index contributed by atoms with van der Waals surface area (Å²) in [7, 11) is 0. The zero-order valence-corrected chi connectivity index (χ0v) is 18.2. The van der Waals surface area contributed by atoms with Gasteiger partial charge in [0.05, 0.1) is 40.6 Å². The molecule has 0 aromatic heterocycles. The summed E-state index contributed by atoms with van der Waals surface area (Å²) in [5.74, 6) is -0.573. The van der Waals surface area contributed by atoms with Crippen molar-refractivity contribution in [1.82, 2.24) is 0 Å². The summed E-state index contributed by atoms with van der Waals surface area (Å²) in [5.41, 5.74) is 1.51. The second-order valence-electron chi connectivity index (χ2n) is 6.71. The molecule has 1 unspecified atom stereocenters. The van der Waals surface area contributed by atoms with E-state index in [0.29, 0.717) is 28.1 Å². The highest BCUT2D eigenvalue weighted by Crippen LogP contribution is 2.43. The molecular formula is C21H21Cl2NO4S. The van der Waals surface area contributed by atoms with Gasteiger partial charge in [-0.2, -0.15) is 0 Å². The summed E-state index contributed by atoms with van der Waals surface area (Å²) in [6.45, 7) is 2.95. The van der Waals surface area contributed by atoms with Gasteiger partial charge < -0.3 is 14.7 Å². The lowest BCUT2D eigenvalue weighted by Gasteiger charge is -2.33. The number of rotatable bonds is 8. The third-order valence-corrected chi connectivity index (χ3v) is 6.47. The van der Waals surface area contributed by atoms with Crippen LogP contribution in [-0.4, -0.2) is 28.8 Å². The Morgan fingerprint density at radius 3 is 2.69 bits per heavy atom. The normalized spacial score (nSPS) is 15.9. The molecule has 1 atom stereocenters. The molecule has 5 nitrogen and oxygen atoms in total. The SMILES string of the molecule is CCCCOc1ccc2c(c1)N(Cc1ccc(Cl)c(Cl)c1)C(=O)C(CC(=O)O)S2. The first-order chi connectivity index (χ1) is 13.9. The fourth-order valence-corrected chi connectivity index (χ4v) is 4.52. The first kappa shape index (κ1) is 21.8. The van der Waals surface area contributed by atoms with Crippen LogP contribution in [-0.2, 0) is 16.1 Å². The number of carbonyl (C=O) groups is 2. The van der Waals surface area contributed by atoms with Crippen molar-refractivity contribution < 1.29 is 19.4 Å². The molecule has 8 heteroatoms. The third kappa shape index (κ3) is 5.38. The molecule has 0 aliphatic carbocycles. The number of benzene rings is 2. The number of carboxylic acid groups (broad SMARTS) is 1. The monoisotopic (exact) mass is 453 g/mol. The molecule has 1 amide bonds. The van der Waals surface area contributed by atoms with Gasteiger partial charge in [0, 0.05) is 11.0 Å². The van der Waals surface area contributed by atoms with Crippen molar-refractivity contribution in [2.45, 2.75) is 42.9 Å². The molecule has 1 aliphatic heterocycles. The zero-order chi connectivity index (χ0) is 21.0. The highest BCUT2D eigenvalue weighted by atomic mass is 35.5. The molecule has 154 valence electrons. The van der Waals surface area contributed by atoms with Crippen LogP contribution in [0, 0.1) is 0 Å². The molecule has 0 saturated heterocycles. The van der Waals surface area contributed by atoms with Gasteiger partial charge in [0.25, 0.3) is 0 Å². The largest absolute Gasteiger partial charge is 0.494 e. The van der Waals surface area contributed by atoms with Gasteiger partial charge in [-0.3, -0.25) is 9.59 Å². The van der Waals surface area contributed by atoms with E-state index in [-0.39, 0.29) is 18.9 Å². The van der Waals surface area contributed by atoms with Crippen molar-refractivity contribution in [3.05, 3.63) is 52.0 Å². The van der Waals surface area contributed by atoms with Gasteiger partial charge in [0.15, 0.2) is 0 Å². The number of halogens is 2. The van der Waals surface area contributed by atoms with Gasteiger partial charge >= 0.3 is 5.97 Å². The number of thioether (sulfide) groups is 1. The van der Waals surface area contributed by atoms with Crippen LogP contribution in [0.1, 0.15) is 31.7 Å². The van der Waals surface area contributed by atoms with E-state index >= 15 is 0 Å². The number of aliphatic carboxylic acids is 1. The van der Waals surface area contributed by atoms with E-state index in [0.717, 1.165) is 23.3 Å². The van der Waals surface area contributed by atoms with Gasteiger partial charge in [-0.1, -0.05) is 42.6 Å². The predicted octanol–water partition coefficient (Wildman–Crippen LogP) is 5.65. The quantitative estimate of drug-likeness (QED) is 0.522. The van der Waals surface area contributed by atoms with Gasteiger partial charge in [-0.05, 0) is 36.2 Å². The Morgan fingerprint density at radius 1 is 1.21 bits per heavy atom. The molecule has 1 aliphatic rings. The van der Waals surface area contributed by atoms with Crippen molar-refractivity contribution in [3.63, 3.8) is 0 Å². The predicted molar refractivity (Wildman–Crippen MR) is 116 cm³/mol. The molecule has 0 spiro atoms. The standard InChI is InChI=1S/C21H21Cl2NO4S/c1-2-3-8-28-14-5-7-18-17(10-14)24(21(27)19(29-18)11-20(25)26)12-13-4-6-15(22)16(23)9-13/h4-7,9-10,19H,2-3,8,11-12H2,1H3,(H,25,26). The number of fused-ring (bicyclic) bond motifs is 1. The molecule has 1 N–H and O–H groups in total. The lowest BCUT2D eigenvalue weighted by atomic mass is 10.1. The smallest absolute Gasteiger partial charge is 0.305 e. The lowest BCUT2D eigenvalue weighted by molar-refractivity contribution is -0.138. The number of carboxylic acids is 1. The van der Waals surface area contributed by atoms with Crippen LogP contribution in [0.25, 0.3) is 0 Å². The molecule has 2 aromatic carbocycles. The van der Waals surface area contributed by atoms with E-state index in [1.54, 1.807) is 23.1 Å². The number of hydrogen-bond acceptors (Lipinski definition) is 4. The van der Waals surface area contributed by atoms with Crippen LogP contribution in [0.5, 0.6) is 5.75 Å². The maximum Gasteiger partial charge on any atom is 0.305 e. The summed E-state index contributed by atoms with van der Waals surface area (Å²) in [4.78, 5) is 26.8. The molecule has 1 heterocycles. The number of hydrogen-bond donors (Lipinski definition) is 1. The Balaban J connectivity index is 1.94. The van der Waals surface area contributed by atoms with Crippen LogP contribution < -0.4 is 9.64 Å². The topological polar surface area (TPSA) is 66.8 Å². The fourth-order valence-electron chi connectivity index (χ4n) is 3.00. The minimum absolute atomic E-state index is 0.241. The summed E-state index contributed by atoms with van der Waals surface area (Å²) in [5, 5.41) is 9.36. The van der Waals surface area contributed by atoms with E-state index < -0.39 is 11.2 Å². The minimum Gasteiger partial charge on any atom is -0.494 e. The van der Waals surface area contributed by atoms with E-state index in [2.05, 4.69) is 6.92 Å². The molecule has 2 aromatic rings. The minimum atomic E-state index is -1.01. The Hall–Kier alpha value is -1.89. The molecule has 0 saturated carbocycles. The Kier molecular flexibility index (Phi) is 7.33. The summed E-state index contributed by atoms with van der Waals surface area (Å²) in [6.07, 6.45) is 1.73. The van der Waals surface area contributed by atoms with Crippen LogP contribution in [0.2, 0.25) is 10.0 Å². The first-order valence-electron chi connectivity index (χ1n) is 9.29. The molecular weight excluding hydrogens is 433 g/mol. The number of ether oxygens (including phenoxy) is 1. The molecule has 0 fully saturated rings. The van der Waals surface area contributed by atoms with Gasteiger partial charge in [-0.15, -0.1) is 11.8 Å². The number of unbranched alkanes of at least 4 members (excludes halogenated alkanes) is 1. The summed E-state index contributed by atoms with van der Waals surface area (Å²) < 4.78 is 5.79. The van der Waals surface area contributed by atoms with Gasteiger partial charge in [0.2, 0.25) is 5.91 Å². The van der Waals surface area contributed by atoms with E-state index in [1.807, 2.05) is 18.2 Å². The molecule has 29 heavy (non-hydrogen) atoms. The van der Waals surface area contributed by atoms with E-state index in [4.69, 9.17) is 27.9 Å². The second kappa shape index (κ2) is 9.74. The number of anilines is 1. The molecule has 3 rings (SSSR count). The van der Waals surface area contributed by atoms with Crippen molar-refractivity contribution in [1.29, 1.82) is 0 Å². The van der Waals surface area contributed by atoms with Gasteiger partial charge in [0.1, 0.15) is 5.75 Å². The van der Waals surface area contributed by atoms with Crippen molar-refractivity contribution in [2.24, 2.45) is 0 Å². The average Bonchev–Trinajstić information content (AvgIpc) is 2.68. The second-order valence-corrected chi connectivity index (χ2v) is 8.77. The number of carbonyl (C=O) groups excluding carboxylic acids is 1. The van der Waals surface area contributed by atoms with Gasteiger partial charge in [-0.25, -0.2) is 0 Å². The highest BCUT2D eigenvalue weighted by molar-refractivity contribution is 8.01. The van der Waals surface area contributed by atoms with Crippen molar-refractivity contribution in [2.75, 3.05) is 11.5 Å². The maximum absolute atomic E-state index is 13.1. The summed E-state index contributed by atoms with van der Waals surface area (Å²) in [6, 6.07) is 10.8. The number of amides is 1. The third-order valence-electron chi connectivity index (χ3n) is 4.48.